The maximum atomic E-state index is 12.9. The fourth-order valence-corrected chi connectivity index (χ4v) is 2.89. The standard InChI is InChI=1S/C22H16F3N3O2/c1-13-6-7-18(10-19(13)16-8-15(11-26)21(30-2)27-12-16)28-20(29)14-4-3-5-17(9-14)22(23,24)25/h3-10,12H,1-2H3,(H,28,29). The van der Waals surface area contributed by atoms with Crippen LogP contribution in [0.3, 0.4) is 0 Å². The molecule has 1 amide bonds. The van der Waals surface area contributed by atoms with Crippen LogP contribution in [0.15, 0.2) is 54.7 Å². The number of methoxy groups -OCH3 is 1. The quantitative estimate of drug-likeness (QED) is 0.640. The van der Waals surface area contributed by atoms with Crippen LogP contribution in [0, 0.1) is 18.3 Å². The van der Waals surface area contributed by atoms with Crippen LogP contribution in [0.5, 0.6) is 5.88 Å². The van der Waals surface area contributed by atoms with E-state index < -0.39 is 17.6 Å². The minimum absolute atomic E-state index is 0.107. The Hall–Kier alpha value is -3.86. The number of nitrogens with zero attached hydrogens (tertiary/aromatic N) is 2. The molecule has 0 unspecified atom stereocenters. The number of alkyl halides is 3. The third-order valence-electron chi connectivity index (χ3n) is 4.42. The van der Waals surface area contributed by atoms with Crippen molar-refractivity contribution < 1.29 is 22.7 Å². The second-order valence-electron chi connectivity index (χ2n) is 6.46. The smallest absolute Gasteiger partial charge is 0.416 e. The van der Waals surface area contributed by atoms with Crippen molar-refractivity contribution in [1.29, 1.82) is 5.26 Å². The largest absolute Gasteiger partial charge is 0.480 e. The lowest BCUT2D eigenvalue weighted by Crippen LogP contribution is -2.14. The number of ether oxygens (including phenoxy) is 1. The van der Waals surface area contributed by atoms with Gasteiger partial charge < -0.3 is 10.1 Å². The van der Waals surface area contributed by atoms with Crippen LogP contribution in [0.1, 0.15) is 27.0 Å². The zero-order chi connectivity index (χ0) is 21.9. The highest BCUT2D eigenvalue weighted by molar-refractivity contribution is 6.04. The van der Waals surface area contributed by atoms with Gasteiger partial charge in [0, 0.05) is 23.0 Å². The Morgan fingerprint density at radius 3 is 2.60 bits per heavy atom. The molecule has 2 aromatic carbocycles. The summed E-state index contributed by atoms with van der Waals surface area (Å²) in [4.78, 5) is 16.6. The molecule has 0 aliphatic rings. The van der Waals surface area contributed by atoms with Crippen molar-refractivity contribution in [3.05, 3.63) is 77.0 Å². The number of hydrogen-bond donors (Lipinski definition) is 1. The van der Waals surface area contributed by atoms with Gasteiger partial charge in [0.2, 0.25) is 5.88 Å². The summed E-state index contributed by atoms with van der Waals surface area (Å²) in [6.07, 6.45) is -2.99. The van der Waals surface area contributed by atoms with Crippen molar-refractivity contribution in [3.8, 4) is 23.1 Å². The van der Waals surface area contributed by atoms with Crippen molar-refractivity contribution in [3.63, 3.8) is 0 Å². The zero-order valence-corrected chi connectivity index (χ0v) is 16.0. The number of anilines is 1. The summed E-state index contributed by atoms with van der Waals surface area (Å²) in [6, 6.07) is 12.9. The number of hydrogen-bond acceptors (Lipinski definition) is 4. The third-order valence-corrected chi connectivity index (χ3v) is 4.42. The van der Waals surface area contributed by atoms with Gasteiger partial charge in [-0.15, -0.1) is 0 Å². The number of nitriles is 1. The van der Waals surface area contributed by atoms with Crippen LogP contribution in [0.4, 0.5) is 18.9 Å². The van der Waals surface area contributed by atoms with Gasteiger partial charge >= 0.3 is 6.18 Å². The lowest BCUT2D eigenvalue weighted by Gasteiger charge is -2.12. The number of benzene rings is 2. The van der Waals surface area contributed by atoms with E-state index >= 15 is 0 Å². The monoisotopic (exact) mass is 411 g/mol. The topological polar surface area (TPSA) is 75.0 Å². The number of aryl methyl sites for hydroxylation is 1. The van der Waals surface area contributed by atoms with Crippen LogP contribution in [0.25, 0.3) is 11.1 Å². The highest BCUT2D eigenvalue weighted by atomic mass is 19.4. The van der Waals surface area contributed by atoms with Gasteiger partial charge in [-0.25, -0.2) is 4.98 Å². The Morgan fingerprint density at radius 1 is 1.17 bits per heavy atom. The second-order valence-corrected chi connectivity index (χ2v) is 6.46. The van der Waals surface area contributed by atoms with Crippen molar-refractivity contribution in [2.75, 3.05) is 12.4 Å². The van der Waals surface area contributed by atoms with Crippen LogP contribution in [-0.4, -0.2) is 18.0 Å². The molecule has 3 aromatic rings. The molecule has 0 atom stereocenters. The highest BCUT2D eigenvalue weighted by Gasteiger charge is 2.30. The summed E-state index contributed by atoms with van der Waals surface area (Å²) in [6.45, 7) is 1.85. The summed E-state index contributed by atoms with van der Waals surface area (Å²) in [7, 11) is 1.41. The van der Waals surface area contributed by atoms with Gasteiger partial charge in [-0.2, -0.15) is 18.4 Å². The Morgan fingerprint density at radius 2 is 1.93 bits per heavy atom. The number of pyridine rings is 1. The lowest BCUT2D eigenvalue weighted by molar-refractivity contribution is -0.137. The molecule has 0 aliphatic heterocycles. The molecule has 0 saturated carbocycles. The normalized spacial score (nSPS) is 10.9. The van der Waals surface area contributed by atoms with Gasteiger partial charge in [-0.3, -0.25) is 4.79 Å². The van der Waals surface area contributed by atoms with Crippen LogP contribution < -0.4 is 10.1 Å². The first-order valence-corrected chi connectivity index (χ1v) is 8.76. The molecule has 8 heteroatoms. The Kier molecular flexibility index (Phi) is 5.74. The first-order valence-electron chi connectivity index (χ1n) is 8.76. The maximum Gasteiger partial charge on any atom is 0.416 e. The minimum Gasteiger partial charge on any atom is -0.480 e. The molecule has 0 bridgehead atoms. The van der Waals surface area contributed by atoms with Crippen LogP contribution in [-0.2, 0) is 6.18 Å². The van der Waals surface area contributed by atoms with E-state index in [4.69, 9.17) is 4.74 Å². The van der Waals surface area contributed by atoms with Crippen molar-refractivity contribution in [1.82, 2.24) is 4.98 Å². The van der Waals surface area contributed by atoms with Gasteiger partial charge in [-0.05, 0) is 54.4 Å². The molecule has 0 radical (unpaired) electrons. The maximum absolute atomic E-state index is 12.9. The van der Waals surface area contributed by atoms with E-state index in [0.29, 0.717) is 16.8 Å². The third kappa shape index (κ3) is 4.41. The zero-order valence-electron chi connectivity index (χ0n) is 16.0. The predicted octanol–water partition coefficient (Wildman–Crippen LogP) is 5.21. The molecule has 152 valence electrons. The number of halogens is 3. The number of carbonyl (C=O) groups excluding carboxylic acids is 1. The van der Waals surface area contributed by atoms with Crippen LogP contribution in [0.2, 0.25) is 0 Å². The average Bonchev–Trinajstić information content (AvgIpc) is 2.74. The summed E-state index contributed by atoms with van der Waals surface area (Å²) in [5.74, 6) is -0.464. The van der Waals surface area contributed by atoms with Crippen molar-refractivity contribution in [2.45, 2.75) is 13.1 Å². The van der Waals surface area contributed by atoms with Gasteiger partial charge in [0.1, 0.15) is 11.6 Å². The van der Waals surface area contributed by atoms with Gasteiger partial charge in [0.05, 0.1) is 12.7 Å². The molecular formula is C22H16F3N3O2. The molecule has 0 aliphatic carbocycles. The van der Waals surface area contributed by atoms with E-state index in [1.165, 1.54) is 19.2 Å². The molecule has 5 nitrogen and oxygen atoms in total. The molecule has 3 rings (SSSR count). The number of carbonyl (C=O) groups is 1. The second kappa shape index (κ2) is 8.25. The van der Waals surface area contributed by atoms with E-state index in [0.717, 1.165) is 17.7 Å². The molecule has 1 aromatic heterocycles. The van der Waals surface area contributed by atoms with E-state index in [1.807, 2.05) is 13.0 Å². The van der Waals surface area contributed by atoms with E-state index in [2.05, 4.69) is 10.3 Å². The molecule has 1 N–H and O–H groups in total. The van der Waals surface area contributed by atoms with Crippen molar-refractivity contribution in [2.24, 2.45) is 0 Å². The molecule has 0 saturated heterocycles. The first-order chi connectivity index (χ1) is 14.2. The molecule has 1 heterocycles. The Labute approximate surface area is 170 Å². The molecule has 0 fully saturated rings. The number of nitrogens with one attached hydrogen (secondary N) is 1. The van der Waals surface area contributed by atoms with E-state index in [-0.39, 0.29) is 17.0 Å². The SMILES string of the molecule is COc1ncc(-c2cc(NC(=O)c3cccc(C(F)(F)F)c3)ccc2C)cc1C#N. The number of aromatic nitrogens is 1. The predicted molar refractivity (Wildman–Crippen MR) is 105 cm³/mol. The first kappa shape index (κ1) is 20.9. The summed E-state index contributed by atoms with van der Waals surface area (Å²) >= 11 is 0. The molecule has 0 spiro atoms. The summed E-state index contributed by atoms with van der Waals surface area (Å²) < 4.78 is 43.7. The number of amides is 1. The lowest BCUT2D eigenvalue weighted by atomic mass is 10.00. The number of rotatable bonds is 4. The fraction of sp³-hybridized carbons (Fsp3) is 0.136. The van der Waals surface area contributed by atoms with Crippen LogP contribution >= 0.6 is 0 Å². The van der Waals surface area contributed by atoms with Gasteiger partial charge in [0.25, 0.3) is 5.91 Å². The van der Waals surface area contributed by atoms with Gasteiger partial charge in [0.15, 0.2) is 0 Å². The van der Waals surface area contributed by atoms with Crippen molar-refractivity contribution >= 4 is 11.6 Å². The highest BCUT2D eigenvalue weighted by Crippen LogP contribution is 2.31. The molecule has 30 heavy (non-hydrogen) atoms. The summed E-state index contributed by atoms with van der Waals surface area (Å²) in [5, 5.41) is 11.9. The van der Waals surface area contributed by atoms with E-state index in [9.17, 15) is 23.2 Å². The minimum atomic E-state index is -4.53. The Balaban J connectivity index is 1.91. The van der Waals surface area contributed by atoms with E-state index in [1.54, 1.807) is 30.5 Å². The average molecular weight is 411 g/mol. The fourth-order valence-electron chi connectivity index (χ4n) is 2.89. The molecular weight excluding hydrogens is 395 g/mol. The summed E-state index contributed by atoms with van der Waals surface area (Å²) in [5.41, 5.74) is 1.87. The Bertz CT molecular complexity index is 1150. The van der Waals surface area contributed by atoms with Gasteiger partial charge in [-0.1, -0.05) is 12.1 Å².